The summed E-state index contributed by atoms with van der Waals surface area (Å²) in [5.74, 6) is -0.792. The van der Waals surface area contributed by atoms with Crippen LogP contribution in [0.5, 0.6) is 23.0 Å². The Kier molecular flexibility index (Phi) is 19.9. The maximum Gasteiger partial charge on any atom is 0.333 e. The lowest BCUT2D eigenvalue weighted by Crippen LogP contribution is -2.42. The van der Waals surface area contributed by atoms with Crippen LogP contribution in [0.3, 0.4) is 0 Å². The Morgan fingerprint density at radius 2 is 0.739 bits per heavy atom. The van der Waals surface area contributed by atoms with Crippen molar-refractivity contribution < 1.29 is 71.6 Å². The molecule has 474 valence electrons. The molecule has 0 bridgehead atoms. The van der Waals surface area contributed by atoms with Gasteiger partial charge in [-0.1, -0.05) is 101 Å². The molecule has 0 radical (unpaired) electrons. The van der Waals surface area contributed by atoms with E-state index < -0.39 is 41.5 Å². The number of methoxy groups -OCH3 is 2. The highest BCUT2D eigenvalue weighted by Gasteiger charge is 2.38. The number of ether oxygens (including phenoxy) is 6. The molecule has 0 atom stereocenters. The van der Waals surface area contributed by atoms with Crippen LogP contribution >= 0.6 is 0 Å². The smallest absolute Gasteiger partial charge is 0.333 e. The average molecular weight is 1240 g/mol. The number of hydrogen-bond acceptors (Lipinski definition) is 15. The van der Waals surface area contributed by atoms with E-state index >= 15 is 0 Å². The fraction of sp³-hybridized carbons (Fsp3) is 0.311. The van der Waals surface area contributed by atoms with Gasteiger partial charge in [-0.2, -0.15) is 0 Å². The Hall–Kier alpha value is -10.2. The number of nitrogens with zero attached hydrogens (tertiary/aromatic N) is 3. The van der Waals surface area contributed by atoms with Gasteiger partial charge < -0.3 is 28.4 Å². The van der Waals surface area contributed by atoms with E-state index in [9.17, 15) is 43.2 Å². The summed E-state index contributed by atoms with van der Waals surface area (Å²) in [5.41, 5.74) is 6.20. The van der Waals surface area contributed by atoms with Gasteiger partial charge in [0.2, 0.25) is 0 Å². The van der Waals surface area contributed by atoms with Crippen LogP contribution in [0.15, 0.2) is 146 Å². The summed E-state index contributed by atoms with van der Waals surface area (Å²) in [4.78, 5) is 117. The minimum absolute atomic E-state index is 0.0330. The van der Waals surface area contributed by atoms with Gasteiger partial charge >= 0.3 is 17.9 Å². The van der Waals surface area contributed by atoms with Gasteiger partial charge in [0.1, 0.15) is 42.8 Å². The van der Waals surface area contributed by atoms with Gasteiger partial charge in [0.05, 0.1) is 39.2 Å². The zero-order valence-electron chi connectivity index (χ0n) is 52.4. The number of carbonyl (C=O) groups is 9. The molecule has 0 N–H and O–H groups in total. The first-order chi connectivity index (χ1) is 44.3. The Morgan fingerprint density at radius 3 is 1.12 bits per heavy atom. The normalized spacial score (nSPS) is 15.3. The van der Waals surface area contributed by atoms with Crippen LogP contribution in [0.25, 0.3) is 32.3 Å². The quantitative estimate of drug-likeness (QED) is 0.0338. The van der Waals surface area contributed by atoms with E-state index in [4.69, 9.17) is 28.4 Å². The zero-order valence-corrected chi connectivity index (χ0v) is 52.4. The molecular weight excluding hydrogens is 1170 g/mol. The summed E-state index contributed by atoms with van der Waals surface area (Å²) in [6.07, 6.45) is 12.2. The van der Waals surface area contributed by atoms with E-state index in [1.54, 1.807) is 55.5 Å². The number of imide groups is 3. The van der Waals surface area contributed by atoms with Gasteiger partial charge in [-0.15, -0.1) is 0 Å². The third-order valence-corrected chi connectivity index (χ3v) is 17.4. The monoisotopic (exact) mass is 1240 g/mol. The van der Waals surface area contributed by atoms with Crippen molar-refractivity contribution in [2.24, 2.45) is 0 Å². The van der Waals surface area contributed by atoms with Gasteiger partial charge in [0, 0.05) is 71.6 Å². The summed E-state index contributed by atoms with van der Waals surface area (Å²) in [5, 5.41) is 4.35. The zero-order chi connectivity index (χ0) is 65.5. The van der Waals surface area contributed by atoms with Gasteiger partial charge in [-0.25, -0.2) is 14.4 Å². The van der Waals surface area contributed by atoms with Crippen LogP contribution in [0.1, 0.15) is 170 Å². The lowest BCUT2D eigenvalue weighted by atomic mass is 9.75. The van der Waals surface area contributed by atoms with Crippen LogP contribution in [0, 0.1) is 0 Å². The molecular formula is C74H73N3O15. The second-order valence-corrected chi connectivity index (χ2v) is 23.5. The molecule has 5 aliphatic rings. The summed E-state index contributed by atoms with van der Waals surface area (Å²) >= 11 is 0. The van der Waals surface area contributed by atoms with Crippen LogP contribution in [-0.2, 0) is 28.6 Å². The van der Waals surface area contributed by atoms with Crippen molar-refractivity contribution in [3.63, 3.8) is 0 Å². The topological polar surface area (TPSA) is 219 Å². The van der Waals surface area contributed by atoms with E-state index in [-0.39, 0.29) is 62.4 Å². The third-order valence-electron chi connectivity index (χ3n) is 17.4. The molecule has 3 heterocycles. The van der Waals surface area contributed by atoms with Gasteiger partial charge in [-0.05, 0) is 142 Å². The molecule has 6 amide bonds. The number of hydrogen-bond donors (Lipinski definition) is 0. The number of esters is 3. The summed E-state index contributed by atoms with van der Waals surface area (Å²) in [6, 6.07) is 32.7. The molecule has 2 aliphatic carbocycles. The van der Waals surface area contributed by atoms with Crippen molar-refractivity contribution >= 4 is 85.7 Å². The molecule has 18 nitrogen and oxygen atoms in total. The number of rotatable bonds is 18. The van der Waals surface area contributed by atoms with Crippen molar-refractivity contribution in [3.8, 4) is 23.0 Å². The maximum absolute atomic E-state index is 13.5. The highest BCUT2D eigenvalue weighted by molar-refractivity contribution is 6.28. The van der Waals surface area contributed by atoms with E-state index in [1.165, 1.54) is 114 Å². The molecule has 0 aromatic heterocycles. The molecule has 18 heteroatoms. The SMILES string of the molecule is C=C(C)C(=O)OCCN1C(=O)c2ccc(C3CCCCC3)c3c(C4CCCCC4)ccc(c23)C1=O.C=C(C)C(=O)OCCN1C(=O)c2ccc(OC)c3c(OC)ccc(c23)C1=O.C=C(C)C(=O)OCCN1C(=O)c2cccc3c(Oc4ccccc4)ccc(c23)C1=O. The molecule has 0 unspecified atom stereocenters. The molecule has 2 saturated carbocycles. The first kappa shape index (κ1) is 64.7. The second kappa shape index (κ2) is 28.3. The molecule has 7 aromatic carbocycles. The fourth-order valence-electron chi connectivity index (χ4n) is 12.8. The summed E-state index contributed by atoms with van der Waals surface area (Å²) < 4.78 is 32.0. The second-order valence-electron chi connectivity index (χ2n) is 23.5. The van der Waals surface area contributed by atoms with Crippen molar-refractivity contribution in [2.45, 2.75) is 96.8 Å². The maximum atomic E-state index is 13.5. The molecule has 7 aromatic rings. The Balaban J connectivity index is 0.000000153. The Morgan fingerprint density at radius 1 is 0.391 bits per heavy atom. The molecule has 3 aliphatic heterocycles. The fourth-order valence-corrected chi connectivity index (χ4v) is 12.8. The van der Waals surface area contributed by atoms with Crippen molar-refractivity contribution in [1.82, 2.24) is 14.7 Å². The largest absolute Gasteiger partial charge is 0.496 e. The number of carbonyl (C=O) groups excluding carboxylic acids is 9. The standard InChI is InChI=1S/C30H35NO4.C24H19NO5.C20H19NO6/c1-19(2)30(34)35-18-17-31-28(32)24-15-13-22(20-9-5-3-6-10-20)26-23(21-11-7-4-8-12-21)14-16-25(27(24)26)29(31)33;1-15(2)24(28)29-14-13-25-22(26)18-10-6-9-17-20(30-16-7-4-3-5-8-16)12-11-19(21(17)18)23(25)27;1-11(2)20(24)27-10-9-21-18(22)12-5-7-14(25-3)17-15(26-4)8-6-13(16(12)17)19(21)23/h13-16,20-21H,1,3-12,17-18H2,2H3;3-12H,1,13-14H2,2H3;5-8H,1,9-10H2,2-4H3. The molecule has 12 rings (SSSR count). The lowest BCUT2D eigenvalue weighted by Gasteiger charge is -2.32. The predicted molar refractivity (Wildman–Crippen MR) is 347 cm³/mol. The van der Waals surface area contributed by atoms with Gasteiger partial charge in [-0.3, -0.25) is 43.5 Å². The number of amides is 6. The van der Waals surface area contributed by atoms with Crippen LogP contribution in [-0.4, -0.2) is 122 Å². The van der Waals surface area contributed by atoms with Gasteiger partial charge in [0.15, 0.2) is 0 Å². The number of benzene rings is 7. The predicted octanol–water partition coefficient (Wildman–Crippen LogP) is 13.6. The van der Waals surface area contributed by atoms with Crippen LogP contribution < -0.4 is 14.2 Å². The van der Waals surface area contributed by atoms with E-state index in [2.05, 4.69) is 31.9 Å². The highest BCUT2D eigenvalue weighted by Crippen LogP contribution is 2.47. The van der Waals surface area contributed by atoms with Crippen molar-refractivity contribution in [1.29, 1.82) is 0 Å². The van der Waals surface area contributed by atoms with Crippen LogP contribution in [0.4, 0.5) is 0 Å². The first-order valence-electron chi connectivity index (χ1n) is 31.0. The molecule has 92 heavy (non-hydrogen) atoms. The molecule has 2 fully saturated rings. The molecule has 0 spiro atoms. The number of para-hydroxylation sites is 1. The summed E-state index contributed by atoms with van der Waals surface area (Å²) in [6.45, 7) is 14.9. The highest BCUT2D eigenvalue weighted by atomic mass is 16.5. The van der Waals surface area contributed by atoms with Gasteiger partial charge in [0.25, 0.3) is 35.4 Å². The summed E-state index contributed by atoms with van der Waals surface area (Å²) in [7, 11) is 3.02. The lowest BCUT2D eigenvalue weighted by molar-refractivity contribution is -0.139. The first-order valence-corrected chi connectivity index (χ1v) is 31.0. The van der Waals surface area contributed by atoms with Crippen molar-refractivity contribution in [3.05, 3.63) is 190 Å². The minimum atomic E-state index is -0.566. The van der Waals surface area contributed by atoms with E-state index in [1.807, 2.05) is 48.5 Å². The Bertz CT molecular complexity index is 4040. The van der Waals surface area contributed by atoms with E-state index in [0.717, 1.165) is 15.2 Å². The minimum Gasteiger partial charge on any atom is -0.496 e. The average Bonchev–Trinajstić information content (AvgIpc) is 0.750. The van der Waals surface area contributed by atoms with E-state index in [0.29, 0.717) is 95.3 Å². The molecule has 0 saturated heterocycles. The third kappa shape index (κ3) is 13.0. The van der Waals surface area contributed by atoms with Crippen LogP contribution in [0.2, 0.25) is 0 Å². The van der Waals surface area contributed by atoms with Crippen molar-refractivity contribution in [2.75, 3.05) is 53.7 Å². The Labute approximate surface area is 533 Å².